The predicted molar refractivity (Wildman–Crippen MR) is 94.0 cm³/mol. The predicted octanol–water partition coefficient (Wildman–Crippen LogP) is 2.48. The van der Waals surface area contributed by atoms with Gasteiger partial charge < -0.3 is 10.7 Å². The third kappa shape index (κ3) is 3.06. The van der Waals surface area contributed by atoms with E-state index in [0.717, 1.165) is 11.1 Å². The van der Waals surface area contributed by atoms with Gasteiger partial charge in [-0.2, -0.15) is 0 Å². The highest BCUT2D eigenvalue weighted by Crippen LogP contribution is 2.41. The Morgan fingerprint density at radius 2 is 1.92 bits per heavy atom. The standard InChI is InChI=1S/C19H16N4O2/c20-18(24)15-10-22-19(25)23-17(15)16-7-6-14(9-21-16)13-3-1-2-12(8-13)11-4-5-11/h1-3,6-11H,4-5H2,(H2,20,24)(H,22,23,25). The Balaban J connectivity index is 1.71. The van der Waals surface area contributed by atoms with Crippen molar-refractivity contribution in [1.29, 1.82) is 0 Å². The lowest BCUT2D eigenvalue weighted by Crippen LogP contribution is -2.19. The second-order valence-corrected chi connectivity index (χ2v) is 6.17. The number of amides is 1. The average molecular weight is 332 g/mol. The smallest absolute Gasteiger partial charge is 0.345 e. The fourth-order valence-electron chi connectivity index (χ4n) is 2.88. The van der Waals surface area contributed by atoms with Crippen LogP contribution in [0.25, 0.3) is 22.5 Å². The average Bonchev–Trinajstić information content (AvgIpc) is 3.47. The zero-order valence-corrected chi connectivity index (χ0v) is 13.4. The first-order valence-electron chi connectivity index (χ1n) is 8.08. The van der Waals surface area contributed by atoms with Crippen LogP contribution in [-0.4, -0.2) is 20.9 Å². The van der Waals surface area contributed by atoms with E-state index in [0.29, 0.717) is 11.6 Å². The quantitative estimate of drug-likeness (QED) is 0.766. The molecule has 4 rings (SSSR count). The molecule has 2 heterocycles. The molecule has 0 radical (unpaired) electrons. The minimum Gasteiger partial charge on any atom is -0.365 e. The minimum atomic E-state index is -0.665. The number of hydrogen-bond donors (Lipinski definition) is 2. The summed E-state index contributed by atoms with van der Waals surface area (Å²) in [6.07, 6.45) is 5.41. The largest absolute Gasteiger partial charge is 0.365 e. The molecule has 1 aromatic carbocycles. The van der Waals surface area contributed by atoms with E-state index in [2.05, 4.69) is 33.2 Å². The van der Waals surface area contributed by atoms with Crippen LogP contribution in [0.5, 0.6) is 0 Å². The molecular formula is C19H16N4O2. The van der Waals surface area contributed by atoms with E-state index in [-0.39, 0.29) is 11.3 Å². The molecule has 2 aromatic heterocycles. The van der Waals surface area contributed by atoms with Crippen LogP contribution in [0.15, 0.2) is 53.6 Å². The van der Waals surface area contributed by atoms with E-state index in [9.17, 15) is 9.59 Å². The number of nitrogens with two attached hydrogens (primary N) is 1. The van der Waals surface area contributed by atoms with Crippen LogP contribution in [0, 0.1) is 0 Å². The number of nitrogens with one attached hydrogen (secondary N) is 1. The van der Waals surface area contributed by atoms with E-state index in [1.807, 2.05) is 12.1 Å². The van der Waals surface area contributed by atoms with Gasteiger partial charge in [0.25, 0.3) is 5.91 Å². The number of rotatable bonds is 4. The van der Waals surface area contributed by atoms with Gasteiger partial charge in [-0.3, -0.25) is 9.78 Å². The van der Waals surface area contributed by atoms with Crippen LogP contribution in [-0.2, 0) is 0 Å². The summed E-state index contributed by atoms with van der Waals surface area (Å²) < 4.78 is 0. The zero-order valence-electron chi connectivity index (χ0n) is 13.4. The summed E-state index contributed by atoms with van der Waals surface area (Å²) in [5.74, 6) is 0.0222. The number of pyridine rings is 1. The molecule has 0 bridgehead atoms. The van der Waals surface area contributed by atoms with Crippen molar-refractivity contribution in [2.45, 2.75) is 18.8 Å². The van der Waals surface area contributed by atoms with Crippen LogP contribution in [0.4, 0.5) is 0 Å². The summed E-state index contributed by atoms with van der Waals surface area (Å²) >= 11 is 0. The van der Waals surface area contributed by atoms with Crippen LogP contribution in [0.3, 0.4) is 0 Å². The number of H-pyrrole nitrogens is 1. The van der Waals surface area contributed by atoms with Crippen molar-refractivity contribution in [3.63, 3.8) is 0 Å². The van der Waals surface area contributed by atoms with Gasteiger partial charge >= 0.3 is 5.69 Å². The highest BCUT2D eigenvalue weighted by Gasteiger charge is 2.23. The van der Waals surface area contributed by atoms with Gasteiger partial charge in [0.1, 0.15) is 0 Å². The molecule has 25 heavy (non-hydrogen) atoms. The summed E-state index contributed by atoms with van der Waals surface area (Å²) in [5, 5.41) is 0. The number of aromatic nitrogens is 3. The molecule has 0 spiro atoms. The van der Waals surface area contributed by atoms with Gasteiger partial charge in [-0.25, -0.2) is 9.78 Å². The summed E-state index contributed by atoms with van der Waals surface area (Å²) in [6.45, 7) is 0. The molecule has 6 heteroatoms. The van der Waals surface area contributed by atoms with Crippen molar-refractivity contribution in [2.24, 2.45) is 5.73 Å². The molecule has 3 aromatic rings. The van der Waals surface area contributed by atoms with Gasteiger partial charge in [0, 0.05) is 18.0 Å². The summed E-state index contributed by atoms with van der Waals surface area (Å²) in [4.78, 5) is 33.5. The topological polar surface area (TPSA) is 102 Å². The monoisotopic (exact) mass is 332 g/mol. The lowest BCUT2D eigenvalue weighted by atomic mass is 10.0. The number of carbonyl (C=O) groups excluding carboxylic acids is 1. The second kappa shape index (κ2) is 5.98. The van der Waals surface area contributed by atoms with Crippen molar-refractivity contribution in [1.82, 2.24) is 15.0 Å². The minimum absolute atomic E-state index is 0.135. The number of nitrogens with zero attached hydrogens (tertiary/aromatic N) is 2. The maximum Gasteiger partial charge on any atom is 0.345 e. The Morgan fingerprint density at radius 3 is 2.60 bits per heavy atom. The van der Waals surface area contributed by atoms with Gasteiger partial charge in [-0.1, -0.05) is 30.3 Å². The highest BCUT2D eigenvalue weighted by atomic mass is 16.1. The Labute approximate surface area is 143 Å². The number of aromatic amines is 1. The molecule has 0 aliphatic heterocycles. The third-order valence-electron chi connectivity index (χ3n) is 4.37. The van der Waals surface area contributed by atoms with Gasteiger partial charge in [0.2, 0.25) is 0 Å². The highest BCUT2D eigenvalue weighted by molar-refractivity contribution is 5.98. The van der Waals surface area contributed by atoms with Gasteiger partial charge in [-0.05, 0) is 36.0 Å². The number of carbonyl (C=O) groups is 1. The molecule has 3 N–H and O–H groups in total. The molecule has 0 saturated heterocycles. The van der Waals surface area contributed by atoms with Crippen molar-refractivity contribution in [2.75, 3.05) is 0 Å². The molecule has 0 atom stereocenters. The van der Waals surface area contributed by atoms with E-state index in [1.54, 1.807) is 12.3 Å². The third-order valence-corrected chi connectivity index (χ3v) is 4.37. The van der Waals surface area contributed by atoms with Crippen molar-refractivity contribution in [3.05, 3.63) is 70.4 Å². The molecule has 6 nitrogen and oxygen atoms in total. The van der Waals surface area contributed by atoms with Gasteiger partial charge in [0.05, 0.1) is 17.0 Å². The Bertz CT molecular complexity index is 1000. The van der Waals surface area contributed by atoms with Crippen LogP contribution >= 0.6 is 0 Å². The first kappa shape index (κ1) is 15.3. The van der Waals surface area contributed by atoms with Crippen molar-refractivity contribution in [3.8, 4) is 22.5 Å². The van der Waals surface area contributed by atoms with Crippen molar-refractivity contribution >= 4 is 5.91 Å². The van der Waals surface area contributed by atoms with E-state index < -0.39 is 11.6 Å². The lowest BCUT2D eigenvalue weighted by Gasteiger charge is -2.08. The molecule has 1 fully saturated rings. The first-order valence-corrected chi connectivity index (χ1v) is 8.08. The Hall–Kier alpha value is -3.28. The first-order chi connectivity index (χ1) is 12.1. The van der Waals surface area contributed by atoms with E-state index in [4.69, 9.17) is 5.73 Å². The lowest BCUT2D eigenvalue weighted by molar-refractivity contribution is 0.1000. The molecule has 1 amide bonds. The maximum atomic E-state index is 11.5. The molecule has 124 valence electrons. The number of hydrogen-bond acceptors (Lipinski definition) is 4. The Morgan fingerprint density at radius 1 is 1.08 bits per heavy atom. The van der Waals surface area contributed by atoms with Crippen LogP contribution < -0.4 is 11.4 Å². The second-order valence-electron chi connectivity index (χ2n) is 6.17. The molecule has 1 aliphatic carbocycles. The normalized spacial score (nSPS) is 13.6. The van der Waals surface area contributed by atoms with E-state index in [1.165, 1.54) is 24.6 Å². The molecule has 0 unspecified atom stereocenters. The van der Waals surface area contributed by atoms with E-state index >= 15 is 0 Å². The fourth-order valence-corrected chi connectivity index (χ4v) is 2.88. The molecule has 1 saturated carbocycles. The van der Waals surface area contributed by atoms with Crippen LogP contribution in [0.1, 0.15) is 34.7 Å². The molecule has 1 aliphatic rings. The van der Waals surface area contributed by atoms with Gasteiger partial charge in [-0.15, -0.1) is 0 Å². The van der Waals surface area contributed by atoms with Gasteiger partial charge in [0.15, 0.2) is 0 Å². The number of primary amides is 1. The summed E-state index contributed by atoms with van der Waals surface area (Å²) in [5.41, 5.74) is 9.11. The summed E-state index contributed by atoms with van der Waals surface area (Å²) in [7, 11) is 0. The SMILES string of the molecule is NC(=O)c1cnc(=O)[nH]c1-c1ccc(-c2cccc(C3CC3)c2)cn1. The molecular weight excluding hydrogens is 316 g/mol. The zero-order chi connectivity index (χ0) is 17.4. The fraction of sp³-hybridized carbons (Fsp3) is 0.158. The number of benzene rings is 1. The maximum absolute atomic E-state index is 11.5. The summed E-state index contributed by atoms with van der Waals surface area (Å²) in [6, 6.07) is 12.1. The van der Waals surface area contributed by atoms with Crippen LogP contribution in [0.2, 0.25) is 0 Å². The van der Waals surface area contributed by atoms with Crippen molar-refractivity contribution < 1.29 is 4.79 Å². The Kier molecular flexibility index (Phi) is 3.65.